The van der Waals surface area contributed by atoms with Crippen molar-refractivity contribution >= 4 is 11.9 Å². The van der Waals surface area contributed by atoms with E-state index in [2.05, 4.69) is 10.4 Å². The molecule has 2 atom stereocenters. The van der Waals surface area contributed by atoms with Gasteiger partial charge in [0.05, 0.1) is 5.92 Å². The van der Waals surface area contributed by atoms with Crippen molar-refractivity contribution in [3.8, 4) is 0 Å². The Morgan fingerprint density at radius 3 is 2.69 bits per heavy atom. The van der Waals surface area contributed by atoms with Gasteiger partial charge in [0.15, 0.2) is 0 Å². The summed E-state index contributed by atoms with van der Waals surface area (Å²) >= 11 is 0. The molecule has 0 bridgehead atoms. The van der Waals surface area contributed by atoms with Crippen LogP contribution >= 0.6 is 0 Å². The number of carboxylic acids is 1. The zero-order valence-electron chi connectivity index (χ0n) is 9.25. The molecule has 1 aromatic heterocycles. The van der Waals surface area contributed by atoms with Crippen molar-refractivity contribution in [2.75, 3.05) is 0 Å². The average Bonchev–Trinajstić information content (AvgIpc) is 2.68. The van der Waals surface area contributed by atoms with E-state index in [4.69, 9.17) is 5.11 Å². The van der Waals surface area contributed by atoms with Gasteiger partial charge in [0.25, 0.3) is 0 Å². The summed E-state index contributed by atoms with van der Waals surface area (Å²) in [6.45, 7) is 3.32. The lowest BCUT2D eigenvalue weighted by Crippen LogP contribution is -2.41. The number of carboxylic acid groups (broad SMARTS) is 1. The van der Waals surface area contributed by atoms with Crippen LogP contribution in [0.5, 0.6) is 0 Å². The quantitative estimate of drug-likeness (QED) is 0.744. The fraction of sp³-hybridized carbons (Fsp3) is 0.500. The second-order valence-electron chi connectivity index (χ2n) is 3.69. The molecule has 0 aliphatic rings. The summed E-state index contributed by atoms with van der Waals surface area (Å²) in [5.74, 6) is -1.78. The molecule has 0 saturated heterocycles. The van der Waals surface area contributed by atoms with E-state index in [9.17, 15) is 9.59 Å². The number of nitrogens with zero attached hydrogens (tertiary/aromatic N) is 2. The highest BCUT2D eigenvalue weighted by atomic mass is 16.4. The molecule has 1 heterocycles. The maximum Gasteiger partial charge on any atom is 0.308 e. The van der Waals surface area contributed by atoms with Crippen LogP contribution in [0.3, 0.4) is 0 Å². The largest absolute Gasteiger partial charge is 0.481 e. The van der Waals surface area contributed by atoms with Crippen molar-refractivity contribution in [1.29, 1.82) is 0 Å². The van der Waals surface area contributed by atoms with Crippen molar-refractivity contribution in [1.82, 2.24) is 15.1 Å². The monoisotopic (exact) mass is 225 g/mol. The summed E-state index contributed by atoms with van der Waals surface area (Å²) in [7, 11) is 0. The summed E-state index contributed by atoms with van der Waals surface area (Å²) < 4.78 is 1.48. The van der Waals surface area contributed by atoms with E-state index in [1.54, 1.807) is 32.3 Å². The molecule has 0 aliphatic heterocycles. The van der Waals surface area contributed by atoms with Gasteiger partial charge in [-0.3, -0.25) is 14.3 Å². The number of hydrogen-bond acceptors (Lipinski definition) is 3. The predicted molar refractivity (Wildman–Crippen MR) is 56.6 cm³/mol. The molecule has 1 amide bonds. The third kappa shape index (κ3) is 3.38. The van der Waals surface area contributed by atoms with Crippen LogP contribution in [0.4, 0.5) is 0 Å². The molecule has 1 aromatic rings. The molecular weight excluding hydrogens is 210 g/mol. The Hall–Kier alpha value is -1.85. The van der Waals surface area contributed by atoms with Crippen LogP contribution in [0.15, 0.2) is 18.5 Å². The van der Waals surface area contributed by atoms with E-state index in [1.165, 1.54) is 4.68 Å². The van der Waals surface area contributed by atoms with Crippen molar-refractivity contribution in [2.45, 2.75) is 26.4 Å². The molecule has 88 valence electrons. The Morgan fingerprint density at radius 1 is 1.50 bits per heavy atom. The van der Waals surface area contributed by atoms with Crippen molar-refractivity contribution in [3.05, 3.63) is 18.5 Å². The first-order valence-electron chi connectivity index (χ1n) is 5.00. The minimum atomic E-state index is -0.924. The molecule has 0 radical (unpaired) electrons. The SMILES string of the molecule is CC(NC(=O)Cn1cccn1)C(C)C(=O)O. The maximum atomic E-state index is 11.5. The lowest BCUT2D eigenvalue weighted by molar-refractivity contribution is -0.142. The fourth-order valence-corrected chi connectivity index (χ4v) is 1.18. The van der Waals surface area contributed by atoms with Gasteiger partial charge in [0.2, 0.25) is 5.91 Å². The van der Waals surface area contributed by atoms with Gasteiger partial charge in [-0.25, -0.2) is 0 Å². The van der Waals surface area contributed by atoms with Gasteiger partial charge in [0.1, 0.15) is 6.54 Å². The molecule has 0 saturated carbocycles. The highest BCUT2D eigenvalue weighted by Crippen LogP contribution is 2.02. The molecule has 0 spiro atoms. The maximum absolute atomic E-state index is 11.5. The van der Waals surface area contributed by atoms with E-state index in [1.807, 2.05) is 0 Å². The summed E-state index contributed by atoms with van der Waals surface area (Å²) in [5.41, 5.74) is 0. The summed E-state index contributed by atoms with van der Waals surface area (Å²) in [4.78, 5) is 22.2. The predicted octanol–water partition coefficient (Wildman–Crippen LogP) is 0.108. The summed E-state index contributed by atoms with van der Waals surface area (Å²) in [6.07, 6.45) is 3.25. The lowest BCUT2D eigenvalue weighted by Gasteiger charge is -2.17. The number of aliphatic carboxylic acids is 1. The van der Waals surface area contributed by atoms with Crippen LogP contribution in [0.2, 0.25) is 0 Å². The van der Waals surface area contributed by atoms with E-state index < -0.39 is 17.9 Å². The van der Waals surface area contributed by atoms with E-state index in [0.29, 0.717) is 0 Å². The van der Waals surface area contributed by atoms with Gasteiger partial charge in [-0.05, 0) is 19.9 Å². The van der Waals surface area contributed by atoms with Gasteiger partial charge in [-0.1, -0.05) is 0 Å². The normalized spacial score (nSPS) is 14.1. The Bertz CT molecular complexity index is 361. The van der Waals surface area contributed by atoms with E-state index in [0.717, 1.165) is 0 Å². The molecule has 0 fully saturated rings. The Morgan fingerprint density at radius 2 is 2.19 bits per heavy atom. The highest BCUT2D eigenvalue weighted by molar-refractivity contribution is 5.77. The number of rotatable bonds is 5. The third-order valence-corrected chi connectivity index (χ3v) is 2.39. The van der Waals surface area contributed by atoms with Crippen LogP contribution in [-0.2, 0) is 16.1 Å². The van der Waals surface area contributed by atoms with Gasteiger partial charge in [0, 0.05) is 18.4 Å². The number of nitrogens with one attached hydrogen (secondary N) is 1. The topological polar surface area (TPSA) is 84.2 Å². The summed E-state index contributed by atoms with van der Waals surface area (Å²) in [5, 5.41) is 15.3. The third-order valence-electron chi connectivity index (χ3n) is 2.39. The Balaban J connectivity index is 2.42. The number of carbonyl (C=O) groups excluding carboxylic acids is 1. The van der Waals surface area contributed by atoms with Crippen LogP contribution < -0.4 is 5.32 Å². The molecule has 6 nitrogen and oxygen atoms in total. The van der Waals surface area contributed by atoms with Gasteiger partial charge in [-0.15, -0.1) is 0 Å². The van der Waals surface area contributed by atoms with Crippen LogP contribution in [0, 0.1) is 5.92 Å². The molecule has 16 heavy (non-hydrogen) atoms. The number of amides is 1. The Labute approximate surface area is 93.3 Å². The molecule has 0 aromatic carbocycles. The van der Waals surface area contributed by atoms with Crippen molar-refractivity contribution < 1.29 is 14.7 Å². The standard InChI is InChI=1S/C10H15N3O3/c1-7(10(15)16)8(2)12-9(14)6-13-5-3-4-11-13/h3-5,7-8H,6H2,1-2H3,(H,12,14)(H,15,16). The first kappa shape index (κ1) is 12.2. The number of carbonyl (C=O) groups is 2. The molecular formula is C10H15N3O3. The molecule has 2 N–H and O–H groups in total. The number of hydrogen-bond donors (Lipinski definition) is 2. The second kappa shape index (κ2) is 5.29. The van der Waals surface area contributed by atoms with Crippen LogP contribution in [0.1, 0.15) is 13.8 Å². The van der Waals surface area contributed by atoms with E-state index >= 15 is 0 Å². The smallest absolute Gasteiger partial charge is 0.308 e. The zero-order valence-corrected chi connectivity index (χ0v) is 9.25. The molecule has 6 heteroatoms. The van der Waals surface area contributed by atoms with Gasteiger partial charge < -0.3 is 10.4 Å². The highest BCUT2D eigenvalue weighted by Gasteiger charge is 2.20. The molecule has 1 rings (SSSR count). The number of aromatic nitrogens is 2. The summed E-state index contributed by atoms with van der Waals surface area (Å²) in [6, 6.07) is 1.32. The van der Waals surface area contributed by atoms with Gasteiger partial charge in [-0.2, -0.15) is 5.10 Å². The van der Waals surface area contributed by atoms with Crippen LogP contribution in [0.25, 0.3) is 0 Å². The average molecular weight is 225 g/mol. The Kier molecular flexibility index (Phi) is 4.04. The first-order chi connectivity index (χ1) is 7.50. The molecule has 2 unspecified atom stereocenters. The van der Waals surface area contributed by atoms with Gasteiger partial charge >= 0.3 is 5.97 Å². The van der Waals surface area contributed by atoms with Crippen molar-refractivity contribution in [2.24, 2.45) is 5.92 Å². The van der Waals surface area contributed by atoms with E-state index in [-0.39, 0.29) is 12.5 Å². The minimum absolute atomic E-state index is 0.101. The lowest BCUT2D eigenvalue weighted by atomic mass is 10.0. The zero-order chi connectivity index (χ0) is 12.1. The molecule has 0 aliphatic carbocycles. The van der Waals surface area contributed by atoms with Crippen molar-refractivity contribution in [3.63, 3.8) is 0 Å². The second-order valence-corrected chi connectivity index (χ2v) is 3.69. The minimum Gasteiger partial charge on any atom is -0.481 e. The fourth-order valence-electron chi connectivity index (χ4n) is 1.18. The first-order valence-corrected chi connectivity index (χ1v) is 5.00. The van der Waals surface area contributed by atoms with Crippen LogP contribution in [-0.4, -0.2) is 32.8 Å².